The highest BCUT2D eigenvalue weighted by Crippen LogP contribution is 2.26. The Kier molecular flexibility index (Phi) is 3.92. The van der Waals surface area contributed by atoms with Crippen molar-refractivity contribution in [3.05, 3.63) is 58.9 Å². The highest BCUT2D eigenvalue weighted by atomic mass is 35.5. The summed E-state index contributed by atoms with van der Waals surface area (Å²) < 4.78 is 13.4. The maximum atomic E-state index is 13.4. The third-order valence-electron chi connectivity index (χ3n) is 2.28. The lowest BCUT2D eigenvalue weighted by atomic mass is 10.2. The topological polar surface area (TPSA) is 26.0 Å². The predicted molar refractivity (Wildman–Crippen MR) is 71.8 cm³/mol. The van der Waals surface area contributed by atoms with Crippen molar-refractivity contribution in [1.82, 2.24) is 0 Å². The summed E-state index contributed by atoms with van der Waals surface area (Å²) in [5.74, 6) is 0.327. The Morgan fingerprint density at radius 3 is 2.53 bits per heavy atom. The first-order chi connectivity index (χ1) is 8.15. The van der Waals surface area contributed by atoms with E-state index >= 15 is 0 Å². The van der Waals surface area contributed by atoms with Crippen LogP contribution in [0.15, 0.2) is 47.4 Å². The molecule has 17 heavy (non-hydrogen) atoms. The molecule has 2 aromatic rings. The van der Waals surface area contributed by atoms with Gasteiger partial charge in [0.15, 0.2) is 0 Å². The summed E-state index contributed by atoms with van der Waals surface area (Å²) in [6.07, 6.45) is 0. The maximum Gasteiger partial charge on any atom is 0.127 e. The quantitative estimate of drug-likeness (QED) is 0.661. The Hall–Kier alpha value is -1.19. The number of halogens is 2. The van der Waals surface area contributed by atoms with Crippen molar-refractivity contribution in [2.75, 3.05) is 5.73 Å². The van der Waals surface area contributed by atoms with E-state index in [0.29, 0.717) is 16.3 Å². The summed E-state index contributed by atoms with van der Waals surface area (Å²) in [7, 11) is 0. The second-order valence-corrected chi connectivity index (χ2v) is 5.08. The Morgan fingerprint density at radius 2 is 1.82 bits per heavy atom. The van der Waals surface area contributed by atoms with Crippen molar-refractivity contribution in [2.45, 2.75) is 10.6 Å². The zero-order valence-corrected chi connectivity index (χ0v) is 10.6. The second-order valence-electron chi connectivity index (χ2n) is 3.59. The van der Waals surface area contributed by atoms with Gasteiger partial charge >= 0.3 is 0 Å². The van der Waals surface area contributed by atoms with Crippen LogP contribution in [-0.4, -0.2) is 0 Å². The van der Waals surface area contributed by atoms with Crippen molar-refractivity contribution in [2.24, 2.45) is 0 Å². The highest BCUT2D eigenvalue weighted by Gasteiger charge is 2.03. The molecule has 0 atom stereocenters. The number of nitrogens with two attached hydrogens (primary N) is 1. The van der Waals surface area contributed by atoms with Gasteiger partial charge in [0.1, 0.15) is 5.82 Å². The fourth-order valence-corrected chi connectivity index (χ4v) is 2.45. The minimum Gasteiger partial charge on any atom is -0.399 e. The molecule has 88 valence electrons. The molecule has 0 radical (unpaired) electrons. The number of anilines is 1. The van der Waals surface area contributed by atoms with Crippen LogP contribution in [0.4, 0.5) is 10.1 Å². The maximum absolute atomic E-state index is 13.4. The predicted octanol–water partition coefficient (Wildman–Crippen LogP) is 4.35. The molecule has 0 saturated heterocycles. The first kappa shape index (κ1) is 12.3. The molecule has 0 aliphatic rings. The SMILES string of the molecule is Nc1ccc(SCc2cc(Cl)ccc2F)cc1. The molecular formula is C13H11ClFNS. The molecule has 0 spiro atoms. The number of thioether (sulfide) groups is 1. The minimum atomic E-state index is -0.225. The summed E-state index contributed by atoms with van der Waals surface area (Å²) >= 11 is 7.38. The van der Waals surface area contributed by atoms with Gasteiger partial charge in [0.25, 0.3) is 0 Å². The van der Waals surface area contributed by atoms with Crippen LogP contribution in [0, 0.1) is 5.82 Å². The molecule has 0 saturated carbocycles. The monoisotopic (exact) mass is 267 g/mol. The van der Waals surface area contributed by atoms with Gasteiger partial charge < -0.3 is 5.73 Å². The summed E-state index contributed by atoms with van der Waals surface area (Å²) in [6.45, 7) is 0. The molecule has 0 aliphatic carbocycles. The molecule has 0 heterocycles. The summed E-state index contributed by atoms with van der Waals surface area (Å²) in [6, 6.07) is 12.1. The molecule has 1 nitrogen and oxygen atoms in total. The van der Waals surface area contributed by atoms with E-state index in [1.54, 1.807) is 23.9 Å². The van der Waals surface area contributed by atoms with Crippen LogP contribution in [0.1, 0.15) is 5.56 Å². The normalized spacial score (nSPS) is 10.5. The van der Waals surface area contributed by atoms with Crippen molar-refractivity contribution in [1.29, 1.82) is 0 Å². The van der Waals surface area contributed by atoms with Gasteiger partial charge in [0.05, 0.1) is 0 Å². The summed E-state index contributed by atoms with van der Waals surface area (Å²) in [5.41, 5.74) is 6.93. The van der Waals surface area contributed by atoms with E-state index in [1.165, 1.54) is 6.07 Å². The molecule has 0 aliphatic heterocycles. The van der Waals surface area contributed by atoms with E-state index in [1.807, 2.05) is 24.3 Å². The lowest BCUT2D eigenvalue weighted by Crippen LogP contribution is -1.88. The zero-order chi connectivity index (χ0) is 12.3. The van der Waals surface area contributed by atoms with Gasteiger partial charge in [-0.1, -0.05) is 11.6 Å². The number of hydrogen-bond acceptors (Lipinski definition) is 2. The van der Waals surface area contributed by atoms with E-state index in [4.69, 9.17) is 17.3 Å². The molecule has 0 bridgehead atoms. The molecule has 2 N–H and O–H groups in total. The molecule has 0 fully saturated rings. The van der Waals surface area contributed by atoms with E-state index < -0.39 is 0 Å². The van der Waals surface area contributed by atoms with E-state index in [9.17, 15) is 4.39 Å². The van der Waals surface area contributed by atoms with Crippen LogP contribution in [-0.2, 0) is 5.75 Å². The largest absolute Gasteiger partial charge is 0.399 e. The first-order valence-corrected chi connectivity index (χ1v) is 6.44. The van der Waals surface area contributed by atoms with Crippen LogP contribution in [0.5, 0.6) is 0 Å². The van der Waals surface area contributed by atoms with E-state index in [0.717, 1.165) is 10.6 Å². The van der Waals surface area contributed by atoms with Crippen molar-refractivity contribution < 1.29 is 4.39 Å². The van der Waals surface area contributed by atoms with Gasteiger partial charge in [0.2, 0.25) is 0 Å². The molecule has 4 heteroatoms. The number of hydrogen-bond donors (Lipinski definition) is 1. The lowest BCUT2D eigenvalue weighted by Gasteiger charge is -2.04. The Balaban J connectivity index is 2.07. The van der Waals surface area contributed by atoms with Crippen LogP contribution in [0.25, 0.3) is 0 Å². The smallest absolute Gasteiger partial charge is 0.127 e. The van der Waals surface area contributed by atoms with Gasteiger partial charge in [-0.25, -0.2) is 4.39 Å². The van der Waals surface area contributed by atoms with Gasteiger partial charge in [0, 0.05) is 21.4 Å². The fourth-order valence-electron chi connectivity index (χ4n) is 1.38. The second kappa shape index (κ2) is 5.43. The Labute approximate surface area is 109 Å². The number of rotatable bonds is 3. The van der Waals surface area contributed by atoms with Gasteiger partial charge in [-0.05, 0) is 48.0 Å². The summed E-state index contributed by atoms with van der Waals surface area (Å²) in [4.78, 5) is 1.05. The van der Waals surface area contributed by atoms with Crippen molar-refractivity contribution in [3.8, 4) is 0 Å². The van der Waals surface area contributed by atoms with Gasteiger partial charge in [-0.2, -0.15) is 0 Å². The van der Waals surface area contributed by atoms with Gasteiger partial charge in [-0.15, -0.1) is 11.8 Å². The number of nitrogen functional groups attached to an aromatic ring is 1. The van der Waals surface area contributed by atoms with Crippen molar-refractivity contribution >= 4 is 29.1 Å². The molecule has 2 rings (SSSR count). The van der Waals surface area contributed by atoms with Crippen LogP contribution < -0.4 is 5.73 Å². The third kappa shape index (κ3) is 3.38. The standard InChI is InChI=1S/C13H11ClFNS/c14-10-1-6-13(15)9(7-10)8-17-12-4-2-11(16)3-5-12/h1-7H,8,16H2. The van der Waals surface area contributed by atoms with Crippen LogP contribution >= 0.6 is 23.4 Å². The Morgan fingerprint density at radius 1 is 1.12 bits per heavy atom. The zero-order valence-electron chi connectivity index (χ0n) is 8.99. The first-order valence-electron chi connectivity index (χ1n) is 5.07. The fraction of sp³-hybridized carbons (Fsp3) is 0.0769. The molecule has 2 aromatic carbocycles. The van der Waals surface area contributed by atoms with Crippen LogP contribution in [0.2, 0.25) is 5.02 Å². The average Bonchev–Trinajstić information content (AvgIpc) is 2.32. The van der Waals surface area contributed by atoms with Crippen LogP contribution in [0.3, 0.4) is 0 Å². The molecular weight excluding hydrogens is 257 g/mol. The molecule has 0 amide bonds. The lowest BCUT2D eigenvalue weighted by molar-refractivity contribution is 0.617. The third-order valence-corrected chi connectivity index (χ3v) is 3.58. The Bertz CT molecular complexity index is 513. The average molecular weight is 268 g/mol. The minimum absolute atomic E-state index is 0.225. The number of benzene rings is 2. The molecule has 0 aromatic heterocycles. The molecule has 0 unspecified atom stereocenters. The van der Waals surface area contributed by atoms with Crippen molar-refractivity contribution in [3.63, 3.8) is 0 Å². The van der Waals surface area contributed by atoms with E-state index in [2.05, 4.69) is 0 Å². The van der Waals surface area contributed by atoms with Gasteiger partial charge in [-0.3, -0.25) is 0 Å². The van der Waals surface area contributed by atoms with E-state index in [-0.39, 0.29) is 5.82 Å². The summed E-state index contributed by atoms with van der Waals surface area (Å²) in [5, 5.41) is 0.555. The highest BCUT2D eigenvalue weighted by molar-refractivity contribution is 7.98.